The monoisotopic (exact) mass is 508 g/mol. The quantitative estimate of drug-likeness (QED) is 0.434. The standard InChI is InChI=1S/C27H28N2O6S/c1-6-34-24-19(9-8-10-20(24)33-5)23-22(26(31)35-7-2)16(3)28-27-29(23)25(30)21(36-27)15-17-11-13-18(32-4)14-12-17/h8-15,23H,6-7H2,1-5H3/b21-15+/t23-/m1/s1. The number of para-hydroxylation sites is 1. The van der Waals surface area contributed by atoms with Crippen LogP contribution in [0.4, 0.5) is 0 Å². The molecule has 0 aliphatic carbocycles. The van der Waals surface area contributed by atoms with Crippen LogP contribution in [-0.4, -0.2) is 38.0 Å². The number of hydrogen-bond acceptors (Lipinski definition) is 8. The third kappa shape index (κ3) is 4.66. The molecule has 0 spiro atoms. The van der Waals surface area contributed by atoms with Crippen molar-refractivity contribution < 1.29 is 23.7 Å². The summed E-state index contributed by atoms with van der Waals surface area (Å²) in [6, 6.07) is 12.0. The van der Waals surface area contributed by atoms with E-state index in [1.165, 1.54) is 15.9 Å². The SMILES string of the molecule is CCOC(=O)C1=C(C)N=c2s/c(=C/c3ccc(OC)cc3)c(=O)n2[C@@H]1c1cccc(OC)c1OCC. The molecule has 2 heterocycles. The van der Waals surface area contributed by atoms with E-state index < -0.39 is 12.0 Å². The maximum absolute atomic E-state index is 13.8. The smallest absolute Gasteiger partial charge is 0.338 e. The molecule has 0 saturated heterocycles. The van der Waals surface area contributed by atoms with Gasteiger partial charge in [-0.15, -0.1) is 0 Å². The Bertz CT molecular complexity index is 1480. The van der Waals surface area contributed by atoms with Crippen LogP contribution in [0.25, 0.3) is 6.08 Å². The Morgan fingerprint density at radius 3 is 2.47 bits per heavy atom. The van der Waals surface area contributed by atoms with Gasteiger partial charge in [-0.3, -0.25) is 9.36 Å². The molecule has 1 aliphatic rings. The zero-order valence-corrected chi connectivity index (χ0v) is 21.7. The molecule has 4 rings (SSSR count). The Balaban J connectivity index is 1.99. The lowest BCUT2D eigenvalue weighted by Gasteiger charge is -2.26. The van der Waals surface area contributed by atoms with Gasteiger partial charge in [0.15, 0.2) is 16.3 Å². The van der Waals surface area contributed by atoms with Crippen LogP contribution in [0.3, 0.4) is 0 Å². The number of benzene rings is 2. The summed E-state index contributed by atoms with van der Waals surface area (Å²) in [6.45, 7) is 5.93. The average Bonchev–Trinajstić information content (AvgIpc) is 3.18. The molecule has 0 N–H and O–H groups in total. The van der Waals surface area contributed by atoms with Gasteiger partial charge in [-0.05, 0) is 50.6 Å². The van der Waals surface area contributed by atoms with Crippen molar-refractivity contribution in [2.75, 3.05) is 27.4 Å². The maximum atomic E-state index is 13.8. The van der Waals surface area contributed by atoms with E-state index in [1.54, 1.807) is 40.2 Å². The number of ether oxygens (including phenoxy) is 4. The number of rotatable bonds is 8. The number of carbonyl (C=O) groups is 1. The first-order valence-electron chi connectivity index (χ1n) is 11.6. The third-order valence-electron chi connectivity index (χ3n) is 5.74. The lowest BCUT2D eigenvalue weighted by atomic mass is 9.94. The molecule has 0 saturated carbocycles. The molecule has 3 aromatic rings. The third-order valence-corrected chi connectivity index (χ3v) is 6.73. The first-order chi connectivity index (χ1) is 17.4. The summed E-state index contributed by atoms with van der Waals surface area (Å²) in [5.74, 6) is 1.17. The van der Waals surface area contributed by atoms with Crippen molar-refractivity contribution in [2.45, 2.75) is 26.8 Å². The number of esters is 1. The minimum absolute atomic E-state index is 0.195. The van der Waals surface area contributed by atoms with Crippen molar-refractivity contribution in [3.63, 3.8) is 0 Å². The number of thiazole rings is 1. The number of hydrogen-bond donors (Lipinski definition) is 0. The first-order valence-corrected chi connectivity index (χ1v) is 12.4. The van der Waals surface area contributed by atoms with Gasteiger partial charge in [-0.2, -0.15) is 0 Å². The van der Waals surface area contributed by atoms with Crippen molar-refractivity contribution in [3.05, 3.63) is 84.5 Å². The van der Waals surface area contributed by atoms with Crippen molar-refractivity contribution >= 4 is 23.4 Å². The number of nitrogens with zero attached hydrogens (tertiary/aromatic N) is 2. The van der Waals surface area contributed by atoms with E-state index in [-0.39, 0.29) is 17.7 Å². The van der Waals surface area contributed by atoms with Gasteiger partial charge in [0, 0.05) is 5.56 Å². The summed E-state index contributed by atoms with van der Waals surface area (Å²) >= 11 is 1.26. The molecule has 0 fully saturated rings. The van der Waals surface area contributed by atoms with Crippen molar-refractivity contribution in [3.8, 4) is 17.2 Å². The molecule has 1 aromatic heterocycles. The van der Waals surface area contributed by atoms with E-state index in [0.717, 1.165) is 11.3 Å². The topological polar surface area (TPSA) is 88.4 Å². The summed E-state index contributed by atoms with van der Waals surface area (Å²) in [7, 11) is 3.15. The Morgan fingerprint density at radius 2 is 1.83 bits per heavy atom. The molecule has 188 valence electrons. The lowest BCUT2D eigenvalue weighted by Crippen LogP contribution is -2.40. The van der Waals surface area contributed by atoms with Crippen LogP contribution < -0.4 is 29.1 Å². The number of allylic oxidation sites excluding steroid dienone is 1. The number of fused-ring (bicyclic) bond motifs is 1. The highest BCUT2D eigenvalue weighted by molar-refractivity contribution is 7.07. The van der Waals surface area contributed by atoms with Crippen LogP contribution in [0, 0.1) is 0 Å². The van der Waals surface area contributed by atoms with Gasteiger partial charge in [0.2, 0.25) is 0 Å². The van der Waals surface area contributed by atoms with E-state index in [4.69, 9.17) is 18.9 Å². The van der Waals surface area contributed by atoms with E-state index in [9.17, 15) is 9.59 Å². The zero-order chi connectivity index (χ0) is 25.8. The van der Waals surface area contributed by atoms with E-state index in [2.05, 4.69) is 4.99 Å². The van der Waals surface area contributed by atoms with Crippen LogP contribution in [0.5, 0.6) is 17.2 Å². The lowest BCUT2D eigenvalue weighted by molar-refractivity contribution is -0.139. The molecule has 2 aromatic carbocycles. The Hall–Kier alpha value is -3.85. The first kappa shape index (κ1) is 25.2. The van der Waals surface area contributed by atoms with Crippen molar-refractivity contribution in [2.24, 2.45) is 4.99 Å². The summed E-state index contributed by atoms with van der Waals surface area (Å²) in [4.78, 5) is 32.1. The van der Waals surface area contributed by atoms with Crippen molar-refractivity contribution in [1.82, 2.24) is 4.57 Å². The highest BCUT2D eigenvalue weighted by Gasteiger charge is 2.35. The highest BCUT2D eigenvalue weighted by Crippen LogP contribution is 2.40. The Kier molecular flexibility index (Phi) is 7.59. The zero-order valence-electron chi connectivity index (χ0n) is 20.9. The van der Waals surface area contributed by atoms with Crippen LogP contribution in [-0.2, 0) is 9.53 Å². The second kappa shape index (κ2) is 10.8. The van der Waals surface area contributed by atoms with Gasteiger partial charge in [0.25, 0.3) is 5.56 Å². The number of aromatic nitrogens is 1. The minimum Gasteiger partial charge on any atom is -0.497 e. The number of carbonyl (C=O) groups excluding carboxylic acids is 1. The maximum Gasteiger partial charge on any atom is 0.338 e. The average molecular weight is 509 g/mol. The summed E-state index contributed by atoms with van der Waals surface area (Å²) in [5.41, 5.74) is 1.97. The van der Waals surface area contributed by atoms with E-state index in [0.29, 0.717) is 38.7 Å². The van der Waals surface area contributed by atoms with Gasteiger partial charge >= 0.3 is 5.97 Å². The minimum atomic E-state index is -0.796. The molecular weight excluding hydrogens is 480 g/mol. The fourth-order valence-electron chi connectivity index (χ4n) is 4.14. The van der Waals surface area contributed by atoms with E-state index >= 15 is 0 Å². The van der Waals surface area contributed by atoms with Gasteiger partial charge in [0.05, 0.1) is 43.2 Å². The van der Waals surface area contributed by atoms with Crippen LogP contribution >= 0.6 is 11.3 Å². The van der Waals surface area contributed by atoms with Crippen LogP contribution in [0.15, 0.2) is 63.5 Å². The predicted octanol–water partition coefficient (Wildman–Crippen LogP) is 3.21. The van der Waals surface area contributed by atoms with Crippen LogP contribution in [0.1, 0.15) is 37.9 Å². The Morgan fingerprint density at radius 1 is 1.08 bits per heavy atom. The molecule has 1 atom stereocenters. The molecule has 0 unspecified atom stereocenters. The van der Waals surface area contributed by atoms with Crippen LogP contribution in [0.2, 0.25) is 0 Å². The van der Waals surface area contributed by atoms with Gasteiger partial charge in [-0.25, -0.2) is 9.79 Å². The normalized spacial score (nSPS) is 15.2. The Labute approximate surface area is 212 Å². The molecule has 8 nitrogen and oxygen atoms in total. The number of methoxy groups -OCH3 is 2. The summed E-state index contributed by atoms with van der Waals surface area (Å²) < 4.78 is 24.1. The molecule has 9 heteroatoms. The van der Waals surface area contributed by atoms with Gasteiger partial charge in [-0.1, -0.05) is 35.6 Å². The van der Waals surface area contributed by atoms with Gasteiger partial charge in [0.1, 0.15) is 11.8 Å². The second-order valence-corrected chi connectivity index (χ2v) is 8.90. The van der Waals surface area contributed by atoms with E-state index in [1.807, 2.05) is 43.3 Å². The fourth-order valence-corrected chi connectivity index (χ4v) is 5.19. The molecule has 0 radical (unpaired) electrons. The molecule has 36 heavy (non-hydrogen) atoms. The highest BCUT2D eigenvalue weighted by atomic mass is 32.1. The molecular formula is C27H28N2O6S. The largest absolute Gasteiger partial charge is 0.497 e. The predicted molar refractivity (Wildman–Crippen MR) is 138 cm³/mol. The summed E-state index contributed by atoms with van der Waals surface area (Å²) in [6.07, 6.45) is 1.80. The second-order valence-electron chi connectivity index (χ2n) is 7.89. The molecule has 0 amide bonds. The molecule has 1 aliphatic heterocycles. The van der Waals surface area contributed by atoms with Crippen molar-refractivity contribution in [1.29, 1.82) is 0 Å². The molecule has 0 bridgehead atoms. The summed E-state index contributed by atoms with van der Waals surface area (Å²) in [5, 5.41) is 0. The fraction of sp³-hybridized carbons (Fsp3) is 0.296. The van der Waals surface area contributed by atoms with Gasteiger partial charge < -0.3 is 18.9 Å².